The van der Waals surface area contributed by atoms with E-state index in [-0.39, 0.29) is 5.69 Å². The highest BCUT2D eigenvalue weighted by Gasteiger charge is 2.19. The second-order valence-electron chi connectivity index (χ2n) is 8.86. The van der Waals surface area contributed by atoms with Crippen molar-refractivity contribution in [2.75, 3.05) is 59.9 Å². The van der Waals surface area contributed by atoms with Crippen molar-refractivity contribution in [3.8, 4) is 5.75 Å². The maximum atomic E-state index is 12.1. The summed E-state index contributed by atoms with van der Waals surface area (Å²) < 4.78 is 38.5. The van der Waals surface area contributed by atoms with Crippen molar-refractivity contribution in [1.82, 2.24) is 19.9 Å². The van der Waals surface area contributed by atoms with Gasteiger partial charge in [-0.15, -0.1) is 0 Å². The van der Waals surface area contributed by atoms with E-state index in [1.54, 1.807) is 31.6 Å². The zero-order chi connectivity index (χ0) is 27.6. The third-order valence-electron chi connectivity index (χ3n) is 6.04. The van der Waals surface area contributed by atoms with Crippen molar-refractivity contribution >= 4 is 71.5 Å². The van der Waals surface area contributed by atoms with E-state index in [0.717, 1.165) is 30.6 Å². The first kappa shape index (κ1) is 26.8. The molecule has 2 aromatic carbocycles. The summed E-state index contributed by atoms with van der Waals surface area (Å²) in [6.07, 6.45) is 5.72. The number of halogens is 1. The maximum Gasteiger partial charge on any atom is 0.229 e. The molecule has 0 aliphatic carbocycles. The quantitative estimate of drug-likeness (QED) is 0.263. The summed E-state index contributed by atoms with van der Waals surface area (Å²) in [6, 6.07) is 7.46. The van der Waals surface area contributed by atoms with Crippen molar-refractivity contribution in [1.29, 1.82) is 0 Å². The summed E-state index contributed by atoms with van der Waals surface area (Å²) in [6.45, 7) is 5.06. The number of anilines is 6. The highest BCUT2D eigenvalue weighted by Crippen LogP contribution is 2.37. The SMILES string of the molecule is COc1cc(N2CCOCC2)c(C)cc1Nc1ncc(Br)c(Nc2ccc3nccnc3c2NS(C)(=O)=O)n1. The Balaban J connectivity index is 1.46. The average molecular weight is 616 g/mol. The third kappa shape index (κ3) is 6.13. The Morgan fingerprint density at radius 3 is 2.56 bits per heavy atom. The molecule has 4 aromatic rings. The molecule has 1 fully saturated rings. The number of hydrogen-bond donors (Lipinski definition) is 3. The Morgan fingerprint density at radius 2 is 1.82 bits per heavy atom. The molecule has 0 amide bonds. The number of nitrogens with zero attached hydrogens (tertiary/aromatic N) is 5. The van der Waals surface area contributed by atoms with Crippen molar-refractivity contribution in [3.63, 3.8) is 0 Å². The first-order valence-corrected chi connectivity index (χ1v) is 14.7. The lowest BCUT2D eigenvalue weighted by Crippen LogP contribution is -2.36. The number of sulfonamides is 1. The Morgan fingerprint density at radius 1 is 1.05 bits per heavy atom. The minimum atomic E-state index is -3.60. The van der Waals surface area contributed by atoms with Crippen LogP contribution < -0.4 is 25.0 Å². The van der Waals surface area contributed by atoms with Crippen LogP contribution in [-0.2, 0) is 14.8 Å². The number of aryl methyl sites for hydroxylation is 1. The summed E-state index contributed by atoms with van der Waals surface area (Å²) in [5.74, 6) is 1.37. The van der Waals surface area contributed by atoms with E-state index in [4.69, 9.17) is 9.47 Å². The lowest BCUT2D eigenvalue weighted by atomic mass is 10.1. The van der Waals surface area contributed by atoms with Gasteiger partial charge in [0.15, 0.2) is 0 Å². The normalized spacial score (nSPS) is 13.8. The van der Waals surface area contributed by atoms with Crippen LogP contribution >= 0.6 is 15.9 Å². The Bertz CT molecular complexity index is 1630. The van der Waals surface area contributed by atoms with Crippen LogP contribution in [0.25, 0.3) is 11.0 Å². The largest absolute Gasteiger partial charge is 0.494 e. The molecule has 1 saturated heterocycles. The van der Waals surface area contributed by atoms with Gasteiger partial charge in [0.25, 0.3) is 0 Å². The predicted molar refractivity (Wildman–Crippen MR) is 155 cm³/mol. The van der Waals surface area contributed by atoms with Gasteiger partial charge in [0, 0.05) is 43.4 Å². The van der Waals surface area contributed by atoms with Crippen LogP contribution in [0.3, 0.4) is 0 Å². The maximum absolute atomic E-state index is 12.1. The van der Waals surface area contributed by atoms with Gasteiger partial charge in [-0.1, -0.05) is 0 Å². The molecule has 3 N–H and O–H groups in total. The Hall–Kier alpha value is -3.75. The highest BCUT2D eigenvalue weighted by atomic mass is 79.9. The van der Waals surface area contributed by atoms with Gasteiger partial charge in [-0.25, -0.2) is 13.4 Å². The molecule has 0 radical (unpaired) electrons. The number of aromatic nitrogens is 4. The molecule has 2 aromatic heterocycles. The smallest absolute Gasteiger partial charge is 0.229 e. The lowest BCUT2D eigenvalue weighted by molar-refractivity contribution is 0.122. The van der Waals surface area contributed by atoms with E-state index in [1.165, 1.54) is 6.20 Å². The molecular weight excluding hydrogens is 588 g/mol. The second kappa shape index (κ2) is 11.2. The van der Waals surface area contributed by atoms with Gasteiger partial charge in [-0.2, -0.15) is 4.98 Å². The monoisotopic (exact) mass is 614 g/mol. The molecule has 39 heavy (non-hydrogen) atoms. The lowest BCUT2D eigenvalue weighted by Gasteiger charge is -2.30. The summed E-state index contributed by atoms with van der Waals surface area (Å²) in [5, 5.41) is 6.44. The summed E-state index contributed by atoms with van der Waals surface area (Å²) in [5.41, 5.74) is 4.52. The van der Waals surface area contributed by atoms with Crippen molar-refractivity contribution < 1.29 is 17.9 Å². The molecule has 1 aliphatic rings. The predicted octanol–water partition coefficient (Wildman–Crippen LogP) is 4.19. The molecule has 3 heterocycles. The second-order valence-corrected chi connectivity index (χ2v) is 11.5. The molecule has 0 atom stereocenters. The van der Waals surface area contributed by atoms with Crippen molar-refractivity contribution in [3.05, 3.63) is 52.9 Å². The van der Waals surface area contributed by atoms with E-state index in [9.17, 15) is 8.42 Å². The summed E-state index contributed by atoms with van der Waals surface area (Å²) >= 11 is 3.48. The first-order chi connectivity index (χ1) is 18.7. The van der Waals surface area contributed by atoms with Gasteiger partial charge in [0.2, 0.25) is 16.0 Å². The zero-order valence-corrected chi connectivity index (χ0v) is 23.9. The molecule has 204 valence electrons. The molecule has 1 aliphatic heterocycles. The van der Waals surface area contributed by atoms with E-state index < -0.39 is 10.0 Å². The first-order valence-electron chi connectivity index (χ1n) is 12.0. The molecular formula is C25H27BrN8O4S. The molecule has 0 unspecified atom stereocenters. The average Bonchev–Trinajstić information content (AvgIpc) is 2.92. The van der Waals surface area contributed by atoms with Crippen LogP contribution in [-0.4, -0.2) is 68.0 Å². The van der Waals surface area contributed by atoms with Crippen molar-refractivity contribution in [2.24, 2.45) is 0 Å². The van der Waals surface area contributed by atoms with Crippen LogP contribution in [0.5, 0.6) is 5.75 Å². The topological polar surface area (TPSA) is 143 Å². The van der Waals surface area contributed by atoms with Crippen LogP contribution in [0.15, 0.2) is 47.3 Å². The molecule has 0 spiro atoms. The molecule has 5 rings (SSSR count). The number of ether oxygens (including phenoxy) is 2. The van der Waals surface area contributed by atoms with Crippen molar-refractivity contribution in [2.45, 2.75) is 6.92 Å². The Kier molecular flexibility index (Phi) is 7.68. The van der Waals surface area contributed by atoms with Gasteiger partial charge in [-0.3, -0.25) is 14.7 Å². The minimum absolute atomic E-state index is 0.263. The highest BCUT2D eigenvalue weighted by molar-refractivity contribution is 9.10. The Labute approximate surface area is 234 Å². The molecule has 0 saturated carbocycles. The van der Waals surface area contributed by atoms with Gasteiger partial charge in [0.1, 0.15) is 17.1 Å². The van der Waals surface area contributed by atoms with Crippen LogP contribution in [0.1, 0.15) is 5.56 Å². The fourth-order valence-electron chi connectivity index (χ4n) is 4.28. The van der Waals surface area contributed by atoms with Gasteiger partial charge in [-0.05, 0) is 46.6 Å². The van der Waals surface area contributed by atoms with Gasteiger partial charge >= 0.3 is 0 Å². The van der Waals surface area contributed by atoms with Crippen LogP contribution in [0.2, 0.25) is 0 Å². The summed E-state index contributed by atoms with van der Waals surface area (Å²) in [7, 11) is -1.99. The van der Waals surface area contributed by atoms with E-state index in [0.29, 0.717) is 57.6 Å². The fourth-order valence-corrected chi connectivity index (χ4v) is 5.15. The number of fused-ring (bicyclic) bond motifs is 1. The van der Waals surface area contributed by atoms with Gasteiger partial charge in [0.05, 0.1) is 53.6 Å². The zero-order valence-electron chi connectivity index (χ0n) is 21.5. The van der Waals surface area contributed by atoms with E-state index >= 15 is 0 Å². The molecule has 12 nitrogen and oxygen atoms in total. The molecule has 14 heteroatoms. The number of morpholine rings is 1. The van der Waals surface area contributed by atoms with Crippen LogP contribution in [0, 0.1) is 6.92 Å². The number of rotatable bonds is 8. The standard InChI is InChI=1S/C25H27BrN8O4S/c1-15-12-19(21(37-2)13-20(15)34-8-10-38-11-9-34)31-25-29-14-16(26)24(32-25)30-18-5-4-17-22(28-7-6-27-17)23(18)33-39(3,35)36/h4-7,12-14,33H,8-11H2,1-3H3,(H2,29,30,31,32). The summed E-state index contributed by atoms with van der Waals surface area (Å²) in [4.78, 5) is 19.9. The number of hydrogen-bond acceptors (Lipinski definition) is 11. The van der Waals surface area contributed by atoms with E-state index in [2.05, 4.69) is 56.1 Å². The van der Waals surface area contributed by atoms with E-state index in [1.807, 2.05) is 19.1 Å². The third-order valence-corrected chi connectivity index (χ3v) is 7.20. The number of benzene rings is 2. The fraction of sp³-hybridized carbons (Fsp3) is 0.280. The van der Waals surface area contributed by atoms with Gasteiger partial charge < -0.3 is 25.0 Å². The molecule has 0 bridgehead atoms. The number of nitrogens with one attached hydrogen (secondary N) is 3. The van der Waals surface area contributed by atoms with Crippen LogP contribution in [0.4, 0.5) is 34.5 Å². The minimum Gasteiger partial charge on any atom is -0.494 e. The number of methoxy groups -OCH3 is 1.